The summed E-state index contributed by atoms with van der Waals surface area (Å²) in [6.45, 7) is 4.58. The number of aromatic nitrogens is 1. The van der Waals surface area contributed by atoms with Crippen molar-refractivity contribution in [3.63, 3.8) is 0 Å². The van der Waals surface area contributed by atoms with E-state index >= 15 is 0 Å². The van der Waals surface area contributed by atoms with Crippen LogP contribution in [0.15, 0.2) is 30.5 Å². The summed E-state index contributed by atoms with van der Waals surface area (Å²) in [5, 5.41) is 4.54. The maximum absolute atomic E-state index is 12.4. The summed E-state index contributed by atoms with van der Waals surface area (Å²) in [4.78, 5) is 12.4. The lowest BCUT2D eigenvalue weighted by molar-refractivity contribution is -0.122. The van der Waals surface area contributed by atoms with E-state index in [9.17, 15) is 4.79 Å². The zero-order valence-electron chi connectivity index (χ0n) is 14.5. The third-order valence-electron chi connectivity index (χ3n) is 5.65. The van der Waals surface area contributed by atoms with Crippen molar-refractivity contribution in [1.29, 1.82) is 0 Å². The van der Waals surface area contributed by atoms with Gasteiger partial charge in [-0.25, -0.2) is 0 Å². The number of nitrogens with one attached hydrogen (secondary N) is 1. The standard InChI is InChI=1S/C20H28N2O/c1-14-7-6-9-18(15(14)2)21-20(23)12-11-16-13-22(3)19-10-5-4-8-17(16)19/h4-5,8,10,13-15,18H,6-7,9,11-12H2,1-3H3,(H,21,23)/t14-,15+,18+/m1/s1. The van der Waals surface area contributed by atoms with Crippen LogP contribution in [0.25, 0.3) is 10.9 Å². The van der Waals surface area contributed by atoms with E-state index in [0.29, 0.717) is 24.3 Å². The number of fused-ring (bicyclic) bond motifs is 1. The van der Waals surface area contributed by atoms with E-state index in [2.05, 4.69) is 61.2 Å². The zero-order valence-corrected chi connectivity index (χ0v) is 14.5. The molecule has 3 rings (SSSR count). The highest BCUT2D eigenvalue weighted by Gasteiger charge is 2.27. The highest BCUT2D eigenvalue weighted by atomic mass is 16.1. The largest absolute Gasteiger partial charge is 0.353 e. The first-order valence-electron chi connectivity index (χ1n) is 8.88. The molecule has 1 amide bonds. The van der Waals surface area contributed by atoms with Gasteiger partial charge in [-0.3, -0.25) is 4.79 Å². The second-order valence-electron chi connectivity index (χ2n) is 7.22. The van der Waals surface area contributed by atoms with Crippen LogP contribution in [0.4, 0.5) is 0 Å². The molecule has 1 N–H and O–H groups in total. The number of carbonyl (C=O) groups excluding carboxylic acids is 1. The maximum atomic E-state index is 12.4. The molecule has 0 saturated heterocycles. The van der Waals surface area contributed by atoms with Gasteiger partial charge in [0.1, 0.15) is 0 Å². The molecule has 0 spiro atoms. The van der Waals surface area contributed by atoms with Crippen molar-refractivity contribution < 1.29 is 4.79 Å². The van der Waals surface area contributed by atoms with E-state index in [4.69, 9.17) is 0 Å². The van der Waals surface area contributed by atoms with Gasteiger partial charge in [0.05, 0.1) is 0 Å². The summed E-state index contributed by atoms with van der Waals surface area (Å²) >= 11 is 0. The van der Waals surface area contributed by atoms with Crippen molar-refractivity contribution in [2.75, 3.05) is 0 Å². The predicted molar refractivity (Wildman–Crippen MR) is 95.3 cm³/mol. The molecular weight excluding hydrogens is 284 g/mol. The van der Waals surface area contributed by atoms with E-state index in [-0.39, 0.29) is 5.91 Å². The monoisotopic (exact) mass is 312 g/mol. The van der Waals surface area contributed by atoms with E-state index in [1.54, 1.807) is 0 Å². The number of hydrogen-bond donors (Lipinski definition) is 1. The highest BCUT2D eigenvalue weighted by Crippen LogP contribution is 2.29. The number of amides is 1. The molecule has 3 nitrogen and oxygen atoms in total. The van der Waals surface area contributed by atoms with Gasteiger partial charge in [-0.15, -0.1) is 0 Å². The van der Waals surface area contributed by atoms with Crippen molar-refractivity contribution in [2.45, 2.75) is 52.0 Å². The van der Waals surface area contributed by atoms with Crippen LogP contribution in [0.1, 0.15) is 45.1 Å². The summed E-state index contributed by atoms with van der Waals surface area (Å²) in [6.07, 6.45) is 7.20. The van der Waals surface area contributed by atoms with Crippen LogP contribution in [0.2, 0.25) is 0 Å². The van der Waals surface area contributed by atoms with E-state index in [1.165, 1.54) is 29.3 Å². The lowest BCUT2D eigenvalue weighted by Gasteiger charge is -2.34. The first-order chi connectivity index (χ1) is 11.1. The summed E-state index contributed by atoms with van der Waals surface area (Å²) < 4.78 is 2.15. The molecule has 0 unspecified atom stereocenters. The molecule has 0 bridgehead atoms. The lowest BCUT2D eigenvalue weighted by atomic mass is 9.78. The molecule has 1 saturated carbocycles. The van der Waals surface area contributed by atoms with Crippen LogP contribution in [0.5, 0.6) is 0 Å². The van der Waals surface area contributed by atoms with Gasteiger partial charge < -0.3 is 9.88 Å². The molecule has 1 heterocycles. The first-order valence-corrected chi connectivity index (χ1v) is 8.88. The Morgan fingerprint density at radius 1 is 1.26 bits per heavy atom. The minimum atomic E-state index is 0.198. The van der Waals surface area contributed by atoms with Gasteiger partial charge in [0.2, 0.25) is 5.91 Å². The highest BCUT2D eigenvalue weighted by molar-refractivity contribution is 5.85. The number of hydrogen-bond acceptors (Lipinski definition) is 1. The second-order valence-corrected chi connectivity index (χ2v) is 7.22. The van der Waals surface area contributed by atoms with Crippen LogP contribution >= 0.6 is 0 Å². The number of benzene rings is 1. The molecular formula is C20H28N2O. The minimum Gasteiger partial charge on any atom is -0.353 e. The Hall–Kier alpha value is -1.77. The van der Waals surface area contributed by atoms with Gasteiger partial charge in [0.25, 0.3) is 0 Å². The minimum absolute atomic E-state index is 0.198. The predicted octanol–water partition coefficient (Wildman–Crippen LogP) is 4.05. The Labute approximate surface area is 139 Å². The van der Waals surface area contributed by atoms with Gasteiger partial charge >= 0.3 is 0 Å². The smallest absolute Gasteiger partial charge is 0.220 e. The molecule has 23 heavy (non-hydrogen) atoms. The molecule has 1 aromatic heterocycles. The van der Waals surface area contributed by atoms with Gasteiger partial charge in [-0.1, -0.05) is 44.9 Å². The maximum Gasteiger partial charge on any atom is 0.220 e. The Morgan fingerprint density at radius 3 is 2.87 bits per heavy atom. The van der Waals surface area contributed by atoms with Gasteiger partial charge in [0, 0.05) is 36.6 Å². The van der Waals surface area contributed by atoms with Gasteiger partial charge in [-0.05, 0) is 36.3 Å². The van der Waals surface area contributed by atoms with E-state index in [0.717, 1.165) is 12.8 Å². The number of para-hydroxylation sites is 1. The van der Waals surface area contributed by atoms with Crippen molar-refractivity contribution in [3.8, 4) is 0 Å². The van der Waals surface area contributed by atoms with Gasteiger partial charge in [-0.2, -0.15) is 0 Å². The Balaban J connectivity index is 1.60. The fourth-order valence-electron chi connectivity index (χ4n) is 3.94. The molecule has 1 aromatic carbocycles. The third kappa shape index (κ3) is 3.44. The van der Waals surface area contributed by atoms with Crippen LogP contribution in [0, 0.1) is 11.8 Å². The molecule has 3 atom stereocenters. The summed E-state index contributed by atoms with van der Waals surface area (Å²) in [5.41, 5.74) is 2.50. The summed E-state index contributed by atoms with van der Waals surface area (Å²) in [5.74, 6) is 1.50. The zero-order chi connectivity index (χ0) is 16.4. The number of carbonyl (C=O) groups is 1. The van der Waals surface area contributed by atoms with Crippen molar-refractivity contribution in [3.05, 3.63) is 36.0 Å². The van der Waals surface area contributed by atoms with Crippen molar-refractivity contribution >= 4 is 16.8 Å². The van der Waals surface area contributed by atoms with Gasteiger partial charge in [0.15, 0.2) is 0 Å². The van der Waals surface area contributed by atoms with Crippen molar-refractivity contribution in [2.24, 2.45) is 18.9 Å². The van der Waals surface area contributed by atoms with Crippen molar-refractivity contribution in [1.82, 2.24) is 9.88 Å². The Bertz CT molecular complexity index is 688. The topological polar surface area (TPSA) is 34.0 Å². The second kappa shape index (κ2) is 6.77. The van der Waals surface area contributed by atoms with Crippen LogP contribution in [-0.4, -0.2) is 16.5 Å². The molecule has 3 heteroatoms. The van der Waals surface area contributed by atoms with Crippen LogP contribution < -0.4 is 5.32 Å². The number of aryl methyl sites for hydroxylation is 2. The number of nitrogens with zero attached hydrogens (tertiary/aromatic N) is 1. The molecule has 1 aliphatic rings. The molecule has 0 radical (unpaired) electrons. The molecule has 0 aliphatic heterocycles. The average molecular weight is 312 g/mol. The SMILES string of the molecule is C[C@H]1[C@H](C)CCC[C@@H]1NC(=O)CCc1cn(C)c2ccccc12. The summed E-state index contributed by atoms with van der Waals surface area (Å²) in [6, 6.07) is 8.76. The lowest BCUT2D eigenvalue weighted by Crippen LogP contribution is -2.43. The number of rotatable bonds is 4. The average Bonchev–Trinajstić information content (AvgIpc) is 2.87. The molecule has 1 fully saturated rings. The van der Waals surface area contributed by atoms with E-state index < -0.39 is 0 Å². The summed E-state index contributed by atoms with van der Waals surface area (Å²) in [7, 11) is 2.07. The first kappa shape index (κ1) is 16.1. The quantitative estimate of drug-likeness (QED) is 0.908. The molecule has 2 aromatic rings. The Kier molecular flexibility index (Phi) is 4.74. The molecule has 1 aliphatic carbocycles. The fraction of sp³-hybridized carbons (Fsp3) is 0.550. The van der Waals surface area contributed by atoms with Crippen LogP contribution in [-0.2, 0) is 18.3 Å². The molecule has 124 valence electrons. The van der Waals surface area contributed by atoms with E-state index in [1.807, 2.05) is 0 Å². The third-order valence-corrected chi connectivity index (χ3v) is 5.65. The van der Waals surface area contributed by atoms with Crippen LogP contribution in [0.3, 0.4) is 0 Å². The normalized spacial score (nSPS) is 24.7. The Morgan fingerprint density at radius 2 is 2.04 bits per heavy atom. The fourth-order valence-corrected chi connectivity index (χ4v) is 3.94.